The quantitative estimate of drug-likeness (QED) is 0.685. The molecule has 0 atom stereocenters. The van der Waals surface area contributed by atoms with E-state index in [4.69, 9.17) is 11.6 Å². The van der Waals surface area contributed by atoms with E-state index in [2.05, 4.69) is 4.98 Å². The van der Waals surface area contributed by atoms with E-state index in [1.165, 1.54) is 6.20 Å². The molecule has 0 aliphatic rings. The first kappa shape index (κ1) is 15.1. The maximum absolute atomic E-state index is 13.4. The summed E-state index contributed by atoms with van der Waals surface area (Å²) in [4.78, 5) is 13.0. The van der Waals surface area contributed by atoms with E-state index in [0.717, 1.165) is 30.5 Å². The average Bonchev–Trinajstić information content (AvgIpc) is 2.41. The van der Waals surface area contributed by atoms with Crippen LogP contribution in [0.1, 0.15) is 0 Å². The molecule has 0 radical (unpaired) electrons. The number of pyridine rings is 1. The number of benzene rings is 1. The Balaban J connectivity index is 2.43. The van der Waals surface area contributed by atoms with Gasteiger partial charge in [-0.15, -0.1) is 0 Å². The lowest BCUT2D eigenvalue weighted by atomic mass is 10.3. The fourth-order valence-electron chi connectivity index (χ4n) is 1.46. The molecule has 0 aliphatic carbocycles. The normalized spacial score (nSPS) is 11.1. The van der Waals surface area contributed by atoms with E-state index in [-0.39, 0.29) is 10.7 Å². The van der Waals surface area contributed by atoms with Gasteiger partial charge >= 0.3 is 0 Å². The van der Waals surface area contributed by atoms with Gasteiger partial charge in [-0.05, 0) is 18.2 Å². The molecule has 0 aliphatic heterocycles. The van der Waals surface area contributed by atoms with E-state index in [0.29, 0.717) is 0 Å². The maximum Gasteiger partial charge on any atom is 0.289 e. The Labute approximate surface area is 123 Å². The van der Waals surface area contributed by atoms with Crippen LogP contribution in [0, 0.1) is 15.9 Å². The number of hydrogen-bond acceptors (Lipinski definition) is 5. The molecule has 7 nitrogen and oxygen atoms in total. The summed E-state index contributed by atoms with van der Waals surface area (Å²) in [5.41, 5.74) is -0.877. The van der Waals surface area contributed by atoms with Gasteiger partial charge in [0.1, 0.15) is 5.02 Å². The standard InChI is InChI=1S/C11H7ClFN3O4S/c12-8-2-1-7(5-11(8)16(17)18)21(19,20)15-10-3-4-14-6-9(10)13/h1-6H,(H,14,15). The highest BCUT2D eigenvalue weighted by Crippen LogP contribution is 2.28. The third kappa shape index (κ3) is 3.26. The topological polar surface area (TPSA) is 102 Å². The summed E-state index contributed by atoms with van der Waals surface area (Å²) in [5, 5.41) is 10.6. The lowest BCUT2D eigenvalue weighted by Crippen LogP contribution is -2.14. The van der Waals surface area contributed by atoms with Gasteiger partial charge in [0.15, 0.2) is 5.82 Å². The highest BCUT2D eigenvalue weighted by molar-refractivity contribution is 7.92. The fourth-order valence-corrected chi connectivity index (χ4v) is 2.73. The van der Waals surface area contributed by atoms with Crippen LogP contribution in [-0.4, -0.2) is 18.3 Å². The molecule has 0 amide bonds. The number of halogens is 2. The smallest absolute Gasteiger partial charge is 0.277 e. The Hall–Kier alpha value is -2.26. The first-order valence-electron chi connectivity index (χ1n) is 5.37. The van der Waals surface area contributed by atoms with Gasteiger partial charge in [0.25, 0.3) is 15.7 Å². The zero-order valence-corrected chi connectivity index (χ0v) is 11.7. The van der Waals surface area contributed by atoms with Crippen LogP contribution in [0.5, 0.6) is 0 Å². The van der Waals surface area contributed by atoms with Crippen molar-refractivity contribution in [3.05, 3.63) is 57.6 Å². The molecule has 1 heterocycles. The third-order valence-electron chi connectivity index (χ3n) is 2.44. The van der Waals surface area contributed by atoms with Gasteiger partial charge in [0, 0.05) is 12.3 Å². The van der Waals surface area contributed by atoms with Crippen molar-refractivity contribution in [2.45, 2.75) is 4.90 Å². The summed E-state index contributed by atoms with van der Waals surface area (Å²) in [6, 6.07) is 4.08. The predicted molar refractivity (Wildman–Crippen MR) is 73.1 cm³/mol. The Morgan fingerprint density at radius 3 is 2.67 bits per heavy atom. The van der Waals surface area contributed by atoms with E-state index >= 15 is 0 Å². The molecule has 0 saturated carbocycles. The Kier molecular flexibility index (Phi) is 4.05. The van der Waals surface area contributed by atoms with Crippen LogP contribution in [0.15, 0.2) is 41.6 Å². The van der Waals surface area contributed by atoms with Crippen molar-refractivity contribution in [3.63, 3.8) is 0 Å². The van der Waals surface area contributed by atoms with Crippen LogP contribution in [0.25, 0.3) is 0 Å². The number of aromatic nitrogens is 1. The number of nitro groups is 1. The molecule has 2 aromatic rings. The molecule has 21 heavy (non-hydrogen) atoms. The zero-order valence-electron chi connectivity index (χ0n) is 10.2. The SMILES string of the molecule is O=[N+]([O-])c1cc(S(=O)(=O)Nc2ccncc2F)ccc1Cl. The Morgan fingerprint density at radius 1 is 1.33 bits per heavy atom. The molecule has 1 N–H and O–H groups in total. The van der Waals surface area contributed by atoms with Crippen molar-refractivity contribution in [2.75, 3.05) is 4.72 Å². The summed E-state index contributed by atoms with van der Waals surface area (Å²) in [7, 11) is -4.19. The van der Waals surface area contributed by atoms with Gasteiger partial charge in [0.2, 0.25) is 0 Å². The van der Waals surface area contributed by atoms with E-state index in [1.54, 1.807) is 0 Å². The molecule has 2 rings (SSSR count). The summed E-state index contributed by atoms with van der Waals surface area (Å²) < 4.78 is 39.5. The second-order valence-electron chi connectivity index (χ2n) is 3.83. The Morgan fingerprint density at radius 2 is 2.05 bits per heavy atom. The van der Waals surface area contributed by atoms with Crippen LogP contribution in [0.4, 0.5) is 15.8 Å². The number of nitrogens with zero attached hydrogens (tertiary/aromatic N) is 2. The number of rotatable bonds is 4. The zero-order chi connectivity index (χ0) is 15.6. The third-order valence-corrected chi connectivity index (χ3v) is 4.12. The Bertz CT molecular complexity index is 813. The summed E-state index contributed by atoms with van der Waals surface area (Å²) in [5.74, 6) is -0.871. The van der Waals surface area contributed by atoms with Crippen molar-refractivity contribution in [2.24, 2.45) is 0 Å². The van der Waals surface area contributed by atoms with Crippen LogP contribution >= 0.6 is 11.6 Å². The lowest BCUT2D eigenvalue weighted by Gasteiger charge is -2.08. The molecule has 0 fully saturated rings. The van der Waals surface area contributed by atoms with Gasteiger partial charge in [-0.3, -0.25) is 19.8 Å². The summed E-state index contributed by atoms with van der Waals surface area (Å²) in [6.07, 6.45) is 2.04. The van der Waals surface area contributed by atoms with E-state index in [1.807, 2.05) is 4.72 Å². The summed E-state index contributed by atoms with van der Waals surface area (Å²) in [6.45, 7) is 0. The van der Waals surface area contributed by atoms with Gasteiger partial charge in [0.05, 0.1) is 21.7 Å². The largest absolute Gasteiger partial charge is 0.289 e. The number of nitro benzene ring substituents is 1. The first-order chi connectivity index (χ1) is 9.81. The lowest BCUT2D eigenvalue weighted by molar-refractivity contribution is -0.384. The molecule has 0 spiro atoms. The fraction of sp³-hybridized carbons (Fsp3) is 0. The first-order valence-corrected chi connectivity index (χ1v) is 7.23. The minimum atomic E-state index is -4.19. The maximum atomic E-state index is 13.4. The average molecular weight is 332 g/mol. The highest BCUT2D eigenvalue weighted by Gasteiger charge is 2.21. The molecular weight excluding hydrogens is 325 g/mol. The van der Waals surface area contributed by atoms with Crippen molar-refractivity contribution in [3.8, 4) is 0 Å². The highest BCUT2D eigenvalue weighted by atomic mass is 35.5. The number of hydrogen-bond donors (Lipinski definition) is 1. The van der Waals surface area contributed by atoms with Crippen molar-refractivity contribution < 1.29 is 17.7 Å². The minimum absolute atomic E-state index is 0.200. The number of sulfonamides is 1. The monoisotopic (exact) mass is 331 g/mol. The van der Waals surface area contributed by atoms with Gasteiger partial charge in [-0.2, -0.15) is 0 Å². The molecule has 1 aromatic carbocycles. The van der Waals surface area contributed by atoms with Crippen molar-refractivity contribution in [1.29, 1.82) is 0 Å². The van der Waals surface area contributed by atoms with Crippen LogP contribution in [-0.2, 0) is 10.0 Å². The molecule has 1 aromatic heterocycles. The number of anilines is 1. The summed E-state index contributed by atoms with van der Waals surface area (Å²) >= 11 is 5.60. The minimum Gasteiger partial charge on any atom is -0.277 e. The van der Waals surface area contributed by atoms with Gasteiger partial charge in [-0.1, -0.05) is 11.6 Å². The van der Waals surface area contributed by atoms with E-state index < -0.39 is 31.3 Å². The van der Waals surface area contributed by atoms with Crippen LogP contribution in [0.3, 0.4) is 0 Å². The predicted octanol–water partition coefficient (Wildman–Crippen LogP) is 2.58. The molecular formula is C11H7ClFN3O4S. The van der Waals surface area contributed by atoms with Crippen LogP contribution in [0.2, 0.25) is 5.02 Å². The van der Waals surface area contributed by atoms with Crippen LogP contribution < -0.4 is 4.72 Å². The second-order valence-corrected chi connectivity index (χ2v) is 5.92. The second kappa shape index (κ2) is 5.62. The molecule has 110 valence electrons. The van der Waals surface area contributed by atoms with Crippen molar-refractivity contribution in [1.82, 2.24) is 4.98 Å². The molecule has 10 heteroatoms. The molecule has 0 unspecified atom stereocenters. The van der Waals surface area contributed by atoms with Crippen molar-refractivity contribution >= 4 is 33.0 Å². The van der Waals surface area contributed by atoms with E-state index in [9.17, 15) is 22.9 Å². The van der Waals surface area contributed by atoms with Gasteiger partial charge < -0.3 is 0 Å². The molecule has 0 saturated heterocycles. The number of nitrogens with one attached hydrogen (secondary N) is 1. The van der Waals surface area contributed by atoms with Gasteiger partial charge in [-0.25, -0.2) is 12.8 Å². The molecule has 0 bridgehead atoms.